The highest BCUT2D eigenvalue weighted by Gasteiger charge is 2.25. The Morgan fingerprint density at radius 2 is 2.07 bits per heavy atom. The number of likely N-dealkylation sites (tertiary alicyclic amines) is 1. The first-order valence-corrected chi connectivity index (χ1v) is 11.0. The zero-order chi connectivity index (χ0) is 21.8. The first-order chi connectivity index (χ1) is 14.5. The van der Waals surface area contributed by atoms with E-state index in [0.717, 1.165) is 38.5 Å². The maximum atomic E-state index is 11.8. The SMILES string of the molecule is CCOC(=O)NC(CNC(=NC)N1CCC(COCc2ccccc2)C1)CC(C)C. The molecule has 0 saturated carbocycles. The van der Waals surface area contributed by atoms with Gasteiger partial charge >= 0.3 is 6.09 Å². The molecule has 2 atom stereocenters. The predicted molar refractivity (Wildman–Crippen MR) is 121 cm³/mol. The minimum atomic E-state index is -0.364. The topological polar surface area (TPSA) is 75.2 Å². The number of aliphatic imine (C=N–C) groups is 1. The van der Waals surface area contributed by atoms with Crippen LogP contribution < -0.4 is 10.6 Å². The van der Waals surface area contributed by atoms with Gasteiger partial charge in [-0.05, 0) is 31.2 Å². The number of amides is 1. The Kier molecular flexibility index (Phi) is 10.5. The zero-order valence-corrected chi connectivity index (χ0v) is 18.9. The minimum absolute atomic E-state index is 0.00611. The van der Waals surface area contributed by atoms with E-state index in [9.17, 15) is 4.79 Å². The Hall–Kier alpha value is -2.28. The van der Waals surface area contributed by atoms with E-state index in [1.54, 1.807) is 7.05 Å². The summed E-state index contributed by atoms with van der Waals surface area (Å²) in [5.74, 6) is 1.84. The van der Waals surface area contributed by atoms with Gasteiger partial charge in [0.05, 0.1) is 19.8 Å². The number of nitrogens with one attached hydrogen (secondary N) is 2. The van der Waals surface area contributed by atoms with Gasteiger partial charge in [0.1, 0.15) is 0 Å². The lowest BCUT2D eigenvalue weighted by atomic mass is 10.0. The van der Waals surface area contributed by atoms with Crippen LogP contribution in [-0.4, -0.2) is 62.9 Å². The van der Waals surface area contributed by atoms with Crippen LogP contribution in [0.1, 0.15) is 39.2 Å². The number of carbonyl (C=O) groups excluding carboxylic acids is 1. The largest absolute Gasteiger partial charge is 0.450 e. The molecule has 2 rings (SSSR count). The normalized spacial score (nSPS) is 17.8. The summed E-state index contributed by atoms with van der Waals surface area (Å²) in [6, 6.07) is 10.3. The van der Waals surface area contributed by atoms with Crippen LogP contribution in [0.15, 0.2) is 35.3 Å². The average Bonchev–Trinajstić information content (AvgIpc) is 3.17. The van der Waals surface area contributed by atoms with Gasteiger partial charge in [0, 0.05) is 38.6 Å². The Labute approximate surface area is 181 Å². The van der Waals surface area contributed by atoms with E-state index in [4.69, 9.17) is 9.47 Å². The monoisotopic (exact) mass is 418 g/mol. The second-order valence-corrected chi connectivity index (χ2v) is 8.22. The van der Waals surface area contributed by atoms with Crippen molar-refractivity contribution in [2.75, 3.05) is 39.9 Å². The third kappa shape index (κ3) is 8.61. The summed E-state index contributed by atoms with van der Waals surface area (Å²) >= 11 is 0. The number of benzene rings is 1. The van der Waals surface area contributed by atoms with E-state index in [2.05, 4.69) is 46.5 Å². The van der Waals surface area contributed by atoms with Gasteiger partial charge in [-0.1, -0.05) is 44.2 Å². The zero-order valence-electron chi connectivity index (χ0n) is 18.9. The summed E-state index contributed by atoms with van der Waals surface area (Å²) in [5.41, 5.74) is 1.20. The molecule has 2 N–H and O–H groups in total. The fraction of sp³-hybridized carbons (Fsp3) is 0.652. The van der Waals surface area contributed by atoms with E-state index >= 15 is 0 Å². The molecule has 1 amide bonds. The number of hydrogen-bond acceptors (Lipinski definition) is 4. The van der Waals surface area contributed by atoms with Crippen molar-refractivity contribution in [3.8, 4) is 0 Å². The predicted octanol–water partition coefficient (Wildman–Crippen LogP) is 3.26. The number of carbonyl (C=O) groups is 1. The van der Waals surface area contributed by atoms with E-state index < -0.39 is 0 Å². The Morgan fingerprint density at radius 1 is 1.30 bits per heavy atom. The highest BCUT2D eigenvalue weighted by molar-refractivity contribution is 5.80. The summed E-state index contributed by atoms with van der Waals surface area (Å²) in [7, 11) is 1.80. The summed E-state index contributed by atoms with van der Waals surface area (Å²) in [6.07, 6.45) is 1.60. The second kappa shape index (κ2) is 13.1. The maximum absolute atomic E-state index is 11.8. The number of ether oxygens (including phenoxy) is 2. The molecule has 1 fully saturated rings. The molecular weight excluding hydrogens is 380 g/mol. The molecule has 0 aliphatic carbocycles. The molecule has 1 aliphatic rings. The van der Waals surface area contributed by atoms with Crippen LogP contribution in [0.4, 0.5) is 4.79 Å². The molecule has 1 aliphatic heterocycles. The molecule has 1 aromatic carbocycles. The first-order valence-electron chi connectivity index (χ1n) is 11.0. The van der Waals surface area contributed by atoms with Gasteiger partial charge in [-0.25, -0.2) is 4.79 Å². The average molecular weight is 419 g/mol. The quantitative estimate of drug-likeness (QED) is 0.451. The van der Waals surface area contributed by atoms with Gasteiger partial charge < -0.3 is 25.0 Å². The van der Waals surface area contributed by atoms with Crippen LogP contribution in [0.2, 0.25) is 0 Å². The molecule has 168 valence electrons. The fourth-order valence-corrected chi connectivity index (χ4v) is 3.73. The fourth-order valence-electron chi connectivity index (χ4n) is 3.73. The van der Waals surface area contributed by atoms with Crippen molar-refractivity contribution in [3.05, 3.63) is 35.9 Å². The molecule has 7 nitrogen and oxygen atoms in total. The lowest BCUT2D eigenvalue weighted by molar-refractivity contribution is 0.0906. The van der Waals surface area contributed by atoms with Crippen LogP contribution >= 0.6 is 0 Å². The molecule has 0 radical (unpaired) electrons. The molecule has 1 aromatic rings. The standard InChI is InChI=1S/C23H38N4O3/c1-5-30-23(28)26-21(13-18(2)3)14-25-22(24-4)27-12-11-20(15-27)17-29-16-19-9-7-6-8-10-19/h6-10,18,20-21H,5,11-17H2,1-4H3,(H,24,25)(H,26,28). The van der Waals surface area contributed by atoms with Gasteiger partial charge in [0.25, 0.3) is 0 Å². The van der Waals surface area contributed by atoms with Crippen LogP contribution in [0.5, 0.6) is 0 Å². The maximum Gasteiger partial charge on any atom is 0.407 e. The number of guanidine groups is 1. The van der Waals surface area contributed by atoms with Crippen LogP contribution in [0.3, 0.4) is 0 Å². The van der Waals surface area contributed by atoms with Crippen LogP contribution in [0.25, 0.3) is 0 Å². The number of hydrogen-bond donors (Lipinski definition) is 2. The molecule has 7 heteroatoms. The van der Waals surface area contributed by atoms with Gasteiger partial charge in [-0.15, -0.1) is 0 Å². The molecule has 2 unspecified atom stereocenters. The van der Waals surface area contributed by atoms with Crippen molar-refractivity contribution >= 4 is 12.1 Å². The van der Waals surface area contributed by atoms with Crippen molar-refractivity contribution in [1.82, 2.24) is 15.5 Å². The second-order valence-electron chi connectivity index (χ2n) is 8.22. The van der Waals surface area contributed by atoms with Gasteiger partial charge in [0.15, 0.2) is 5.96 Å². The van der Waals surface area contributed by atoms with E-state index in [1.165, 1.54) is 5.56 Å². The molecule has 0 bridgehead atoms. The molecule has 0 spiro atoms. The van der Waals surface area contributed by atoms with Gasteiger partial charge in [-0.3, -0.25) is 4.99 Å². The Bertz CT molecular complexity index is 651. The van der Waals surface area contributed by atoms with E-state index in [1.807, 2.05) is 25.1 Å². The van der Waals surface area contributed by atoms with Crippen molar-refractivity contribution in [2.24, 2.45) is 16.8 Å². The summed E-state index contributed by atoms with van der Waals surface area (Å²) < 4.78 is 11.0. The molecular formula is C23H38N4O3. The summed E-state index contributed by atoms with van der Waals surface area (Å²) in [6.45, 7) is 10.4. The molecule has 1 heterocycles. The van der Waals surface area contributed by atoms with Crippen molar-refractivity contribution < 1.29 is 14.3 Å². The molecule has 30 heavy (non-hydrogen) atoms. The van der Waals surface area contributed by atoms with Gasteiger partial charge in [-0.2, -0.15) is 0 Å². The summed E-state index contributed by atoms with van der Waals surface area (Å²) in [4.78, 5) is 18.6. The number of rotatable bonds is 10. The lowest BCUT2D eigenvalue weighted by Gasteiger charge is -2.25. The highest BCUT2D eigenvalue weighted by atomic mass is 16.5. The van der Waals surface area contributed by atoms with Crippen LogP contribution in [-0.2, 0) is 16.1 Å². The van der Waals surface area contributed by atoms with Gasteiger partial charge in [0.2, 0.25) is 0 Å². The number of alkyl carbamates (subject to hydrolysis) is 1. The van der Waals surface area contributed by atoms with E-state index in [0.29, 0.717) is 31.6 Å². The molecule has 0 aromatic heterocycles. The Morgan fingerprint density at radius 3 is 2.73 bits per heavy atom. The van der Waals surface area contributed by atoms with Crippen molar-refractivity contribution in [1.29, 1.82) is 0 Å². The smallest absolute Gasteiger partial charge is 0.407 e. The Balaban J connectivity index is 1.77. The number of nitrogens with zero attached hydrogens (tertiary/aromatic N) is 2. The third-order valence-corrected chi connectivity index (χ3v) is 5.12. The highest BCUT2D eigenvalue weighted by Crippen LogP contribution is 2.17. The lowest BCUT2D eigenvalue weighted by Crippen LogP contribution is -2.48. The summed E-state index contributed by atoms with van der Waals surface area (Å²) in [5, 5.41) is 6.39. The third-order valence-electron chi connectivity index (χ3n) is 5.12. The van der Waals surface area contributed by atoms with E-state index in [-0.39, 0.29) is 12.1 Å². The minimum Gasteiger partial charge on any atom is -0.450 e. The van der Waals surface area contributed by atoms with Crippen LogP contribution in [0, 0.1) is 11.8 Å². The first kappa shape index (κ1) is 24.0. The molecule has 1 saturated heterocycles. The van der Waals surface area contributed by atoms with Crippen molar-refractivity contribution in [2.45, 2.75) is 46.3 Å². The van der Waals surface area contributed by atoms with Crippen molar-refractivity contribution in [3.63, 3.8) is 0 Å².